The number of halogens is 1. The molecule has 0 heterocycles. The van der Waals surface area contributed by atoms with Crippen molar-refractivity contribution in [2.45, 2.75) is 24.7 Å². The van der Waals surface area contributed by atoms with Gasteiger partial charge in [-0.2, -0.15) is 0 Å². The van der Waals surface area contributed by atoms with Crippen LogP contribution in [0.15, 0.2) is 23.1 Å². The topological polar surface area (TPSA) is 80.3 Å². The molecule has 0 aliphatic rings. The molecule has 0 saturated carbocycles. The fourth-order valence-corrected chi connectivity index (χ4v) is 3.62. The molecule has 5 nitrogen and oxygen atoms in total. The molecule has 1 aromatic carbocycles. The zero-order valence-corrected chi connectivity index (χ0v) is 13.8. The van der Waals surface area contributed by atoms with Crippen molar-refractivity contribution in [1.82, 2.24) is 0 Å². The van der Waals surface area contributed by atoms with Gasteiger partial charge in [0.05, 0.1) is 16.3 Å². The monoisotopic (exact) mass is 339 g/mol. The first-order valence-corrected chi connectivity index (χ1v) is 10.1. The van der Waals surface area contributed by atoms with Crippen molar-refractivity contribution in [2.24, 2.45) is 0 Å². The van der Waals surface area contributed by atoms with Crippen molar-refractivity contribution < 1.29 is 16.8 Å². The van der Waals surface area contributed by atoms with Gasteiger partial charge in [-0.05, 0) is 37.5 Å². The van der Waals surface area contributed by atoms with E-state index in [-0.39, 0.29) is 10.6 Å². The predicted octanol–water partition coefficient (Wildman–Crippen LogP) is 2.16. The van der Waals surface area contributed by atoms with E-state index in [0.29, 0.717) is 30.0 Å². The SMILES string of the molecule is Cc1ccc(S(C)(=O)=O)cc1NS(=O)(=O)CCCCCl. The second-order valence-corrected chi connectivity index (χ2v) is 8.80. The fraction of sp³-hybridized carbons (Fsp3) is 0.500. The van der Waals surface area contributed by atoms with E-state index in [1.54, 1.807) is 13.0 Å². The van der Waals surface area contributed by atoms with Gasteiger partial charge in [-0.1, -0.05) is 6.07 Å². The van der Waals surface area contributed by atoms with Crippen LogP contribution in [-0.4, -0.2) is 34.7 Å². The van der Waals surface area contributed by atoms with Crippen molar-refractivity contribution in [3.05, 3.63) is 23.8 Å². The number of sulfonamides is 1. The lowest BCUT2D eigenvalue weighted by Gasteiger charge is -2.11. The summed E-state index contributed by atoms with van der Waals surface area (Å²) in [4.78, 5) is 0.0848. The number of alkyl halides is 1. The number of unbranched alkanes of at least 4 members (excludes halogenated alkanes) is 1. The van der Waals surface area contributed by atoms with Crippen molar-refractivity contribution in [3.63, 3.8) is 0 Å². The number of anilines is 1. The minimum Gasteiger partial charge on any atom is -0.283 e. The molecule has 0 aromatic heterocycles. The lowest BCUT2D eigenvalue weighted by atomic mass is 10.2. The molecular weight excluding hydrogens is 322 g/mol. The largest absolute Gasteiger partial charge is 0.283 e. The standard InChI is InChI=1S/C12H18ClNO4S2/c1-10-5-6-11(19(2,15)16)9-12(10)14-20(17,18)8-4-3-7-13/h5-6,9,14H,3-4,7-8H2,1-2H3. The Morgan fingerprint density at radius 3 is 2.35 bits per heavy atom. The molecule has 1 N–H and O–H groups in total. The third-order valence-corrected chi connectivity index (χ3v) is 5.43. The van der Waals surface area contributed by atoms with Gasteiger partial charge >= 0.3 is 0 Å². The highest BCUT2D eigenvalue weighted by Crippen LogP contribution is 2.21. The van der Waals surface area contributed by atoms with E-state index >= 15 is 0 Å². The zero-order valence-electron chi connectivity index (χ0n) is 11.4. The Morgan fingerprint density at radius 1 is 1.15 bits per heavy atom. The average molecular weight is 340 g/mol. The summed E-state index contributed by atoms with van der Waals surface area (Å²) in [6, 6.07) is 4.37. The first kappa shape index (κ1) is 17.3. The van der Waals surface area contributed by atoms with Crippen molar-refractivity contribution in [3.8, 4) is 0 Å². The first-order valence-electron chi connectivity index (χ1n) is 6.03. The molecule has 0 unspecified atom stereocenters. The Bertz CT molecular complexity index is 669. The molecule has 0 amide bonds. The lowest BCUT2D eigenvalue weighted by molar-refractivity contribution is 0.596. The maximum Gasteiger partial charge on any atom is 0.232 e. The van der Waals surface area contributed by atoms with Gasteiger partial charge in [0.25, 0.3) is 0 Å². The van der Waals surface area contributed by atoms with Crippen LogP contribution in [0.5, 0.6) is 0 Å². The van der Waals surface area contributed by atoms with Crippen LogP contribution in [0.3, 0.4) is 0 Å². The summed E-state index contributed by atoms with van der Waals surface area (Å²) in [5.74, 6) is 0.375. The summed E-state index contributed by atoms with van der Waals surface area (Å²) >= 11 is 5.50. The molecule has 1 rings (SSSR count). The molecule has 0 spiro atoms. The smallest absolute Gasteiger partial charge is 0.232 e. The number of sulfone groups is 1. The Labute approximate surface area is 125 Å². The van der Waals surface area contributed by atoms with E-state index in [4.69, 9.17) is 11.6 Å². The second-order valence-electron chi connectivity index (χ2n) is 4.57. The average Bonchev–Trinajstić information content (AvgIpc) is 2.30. The summed E-state index contributed by atoms with van der Waals surface area (Å²) in [5.41, 5.74) is 0.956. The van der Waals surface area contributed by atoms with Crippen LogP contribution in [0, 0.1) is 6.92 Å². The quantitative estimate of drug-likeness (QED) is 0.609. The van der Waals surface area contributed by atoms with E-state index in [0.717, 1.165) is 6.26 Å². The first-order chi connectivity index (χ1) is 9.15. The maximum atomic E-state index is 11.9. The minimum atomic E-state index is -3.50. The molecule has 0 fully saturated rings. The third kappa shape index (κ3) is 5.30. The summed E-state index contributed by atoms with van der Waals surface area (Å²) in [5, 5.41) is 0. The van der Waals surface area contributed by atoms with Gasteiger partial charge in [0.2, 0.25) is 10.0 Å². The molecule has 8 heteroatoms. The van der Waals surface area contributed by atoms with Crippen LogP contribution >= 0.6 is 11.6 Å². The number of nitrogens with one attached hydrogen (secondary N) is 1. The highest BCUT2D eigenvalue weighted by molar-refractivity contribution is 7.92. The van der Waals surface area contributed by atoms with Crippen molar-refractivity contribution in [2.75, 3.05) is 22.6 Å². The van der Waals surface area contributed by atoms with E-state index < -0.39 is 19.9 Å². The molecular formula is C12H18ClNO4S2. The number of benzene rings is 1. The predicted molar refractivity (Wildman–Crippen MR) is 81.7 cm³/mol. The lowest BCUT2D eigenvalue weighted by Crippen LogP contribution is -2.17. The molecule has 0 aliphatic carbocycles. The van der Waals surface area contributed by atoms with Gasteiger partial charge in [-0.3, -0.25) is 4.72 Å². The van der Waals surface area contributed by atoms with Gasteiger partial charge in [0, 0.05) is 12.1 Å². The van der Waals surface area contributed by atoms with Crippen LogP contribution in [0.1, 0.15) is 18.4 Å². The molecule has 0 saturated heterocycles. The Balaban J connectivity index is 2.97. The molecule has 1 aromatic rings. The Kier molecular flexibility index (Phi) is 5.85. The van der Waals surface area contributed by atoms with Crippen LogP contribution in [0.4, 0.5) is 5.69 Å². The second kappa shape index (κ2) is 6.78. The van der Waals surface area contributed by atoms with Gasteiger partial charge in [0.1, 0.15) is 0 Å². The van der Waals surface area contributed by atoms with Crippen molar-refractivity contribution >= 4 is 37.1 Å². The minimum absolute atomic E-state index is 0.0394. The number of hydrogen-bond donors (Lipinski definition) is 1. The van der Waals surface area contributed by atoms with Gasteiger partial charge < -0.3 is 0 Å². The van der Waals surface area contributed by atoms with Gasteiger partial charge in [-0.15, -0.1) is 11.6 Å². The Morgan fingerprint density at radius 2 is 1.80 bits per heavy atom. The molecule has 0 bridgehead atoms. The third-order valence-electron chi connectivity index (χ3n) is 2.70. The van der Waals surface area contributed by atoms with E-state index in [9.17, 15) is 16.8 Å². The normalized spacial score (nSPS) is 12.3. The molecule has 0 atom stereocenters. The van der Waals surface area contributed by atoms with Crippen LogP contribution < -0.4 is 4.72 Å². The number of hydrogen-bond acceptors (Lipinski definition) is 4. The van der Waals surface area contributed by atoms with E-state index in [2.05, 4.69) is 4.72 Å². The summed E-state index contributed by atoms with van der Waals surface area (Å²) in [6.07, 6.45) is 2.16. The van der Waals surface area contributed by atoms with Crippen molar-refractivity contribution in [1.29, 1.82) is 0 Å². The van der Waals surface area contributed by atoms with E-state index in [1.165, 1.54) is 12.1 Å². The number of aryl methyl sites for hydroxylation is 1. The molecule has 20 heavy (non-hydrogen) atoms. The van der Waals surface area contributed by atoms with Crippen LogP contribution in [-0.2, 0) is 19.9 Å². The summed E-state index contributed by atoms with van der Waals surface area (Å²) < 4.78 is 49.2. The van der Waals surface area contributed by atoms with Gasteiger partial charge in [0.15, 0.2) is 9.84 Å². The van der Waals surface area contributed by atoms with Crippen LogP contribution in [0.2, 0.25) is 0 Å². The van der Waals surface area contributed by atoms with E-state index in [1.807, 2.05) is 0 Å². The zero-order chi connectivity index (χ0) is 15.4. The highest BCUT2D eigenvalue weighted by atomic mass is 35.5. The highest BCUT2D eigenvalue weighted by Gasteiger charge is 2.14. The summed E-state index contributed by atoms with van der Waals surface area (Å²) in [7, 11) is -6.87. The maximum absolute atomic E-state index is 11.9. The fourth-order valence-electron chi connectivity index (χ4n) is 1.55. The summed E-state index contributed by atoms with van der Waals surface area (Å²) in [6.45, 7) is 1.71. The Hall–Kier alpha value is -0.790. The molecule has 0 radical (unpaired) electrons. The van der Waals surface area contributed by atoms with Gasteiger partial charge in [-0.25, -0.2) is 16.8 Å². The number of rotatable bonds is 7. The van der Waals surface area contributed by atoms with Crippen LogP contribution in [0.25, 0.3) is 0 Å². The molecule has 114 valence electrons. The molecule has 0 aliphatic heterocycles.